The maximum atomic E-state index is 13.1. The SMILES string of the molecule is O=C1CCC(C2CCC(C(=O)C3CCC(C4CCC(=O)CC4)CC3)CC2)CC1. The fourth-order valence-corrected chi connectivity index (χ4v) is 6.95. The van der Waals surface area contributed by atoms with Gasteiger partial charge in [0, 0.05) is 37.5 Å². The van der Waals surface area contributed by atoms with E-state index < -0.39 is 0 Å². The van der Waals surface area contributed by atoms with Crippen molar-refractivity contribution in [2.45, 2.75) is 103 Å². The first-order chi connectivity index (χ1) is 13.6. The summed E-state index contributed by atoms with van der Waals surface area (Å²) in [5, 5.41) is 0. The van der Waals surface area contributed by atoms with Gasteiger partial charge in [-0.1, -0.05) is 0 Å². The van der Waals surface area contributed by atoms with Gasteiger partial charge in [-0.15, -0.1) is 0 Å². The summed E-state index contributed by atoms with van der Waals surface area (Å²) in [5.41, 5.74) is 0. The second kappa shape index (κ2) is 9.22. The van der Waals surface area contributed by atoms with Crippen LogP contribution in [0.5, 0.6) is 0 Å². The van der Waals surface area contributed by atoms with Crippen LogP contribution in [0.2, 0.25) is 0 Å². The first-order valence-corrected chi connectivity index (χ1v) is 12.2. The Morgan fingerprint density at radius 3 is 1.07 bits per heavy atom. The van der Waals surface area contributed by atoms with Crippen molar-refractivity contribution in [1.29, 1.82) is 0 Å². The number of carbonyl (C=O) groups excluding carboxylic acids is 3. The fraction of sp³-hybridized carbons (Fsp3) is 0.880. The molecular weight excluding hydrogens is 348 g/mol. The lowest BCUT2D eigenvalue weighted by Crippen LogP contribution is -2.33. The number of Topliss-reactive ketones (excluding diaryl/α,β-unsaturated/α-hetero) is 3. The minimum atomic E-state index is 0.315. The maximum Gasteiger partial charge on any atom is 0.139 e. The zero-order valence-electron chi connectivity index (χ0n) is 17.5. The van der Waals surface area contributed by atoms with E-state index in [-0.39, 0.29) is 0 Å². The molecule has 0 bridgehead atoms. The molecule has 28 heavy (non-hydrogen) atoms. The first-order valence-electron chi connectivity index (χ1n) is 12.2. The molecule has 0 aromatic rings. The average molecular weight is 387 g/mol. The molecule has 4 fully saturated rings. The van der Waals surface area contributed by atoms with Gasteiger partial charge >= 0.3 is 0 Å². The summed E-state index contributed by atoms with van der Waals surface area (Å²) < 4.78 is 0. The van der Waals surface area contributed by atoms with Crippen LogP contribution in [-0.4, -0.2) is 17.3 Å². The van der Waals surface area contributed by atoms with Gasteiger partial charge in [0.05, 0.1) is 0 Å². The molecule has 0 aromatic carbocycles. The van der Waals surface area contributed by atoms with Crippen LogP contribution in [0.25, 0.3) is 0 Å². The Hall–Kier alpha value is -0.990. The minimum Gasteiger partial charge on any atom is -0.300 e. The van der Waals surface area contributed by atoms with Crippen molar-refractivity contribution in [2.75, 3.05) is 0 Å². The molecule has 4 saturated carbocycles. The van der Waals surface area contributed by atoms with Crippen molar-refractivity contribution in [2.24, 2.45) is 35.5 Å². The number of hydrogen-bond donors (Lipinski definition) is 0. The molecule has 3 heteroatoms. The highest BCUT2D eigenvalue weighted by molar-refractivity contribution is 5.83. The number of rotatable bonds is 4. The van der Waals surface area contributed by atoms with Gasteiger partial charge in [0.2, 0.25) is 0 Å². The van der Waals surface area contributed by atoms with E-state index in [1.54, 1.807) is 0 Å². The summed E-state index contributed by atoms with van der Waals surface area (Å²) >= 11 is 0. The van der Waals surface area contributed by atoms with Gasteiger partial charge in [0.1, 0.15) is 17.3 Å². The maximum absolute atomic E-state index is 13.1. The Bertz CT molecular complexity index is 509. The van der Waals surface area contributed by atoms with Crippen molar-refractivity contribution < 1.29 is 14.4 Å². The molecule has 3 nitrogen and oxygen atoms in total. The Labute approximate surface area is 170 Å². The van der Waals surface area contributed by atoms with Crippen molar-refractivity contribution in [3.8, 4) is 0 Å². The third kappa shape index (κ3) is 4.76. The summed E-state index contributed by atoms with van der Waals surface area (Å²) in [6, 6.07) is 0. The molecule has 0 amide bonds. The van der Waals surface area contributed by atoms with E-state index in [1.807, 2.05) is 0 Å². The Morgan fingerprint density at radius 2 is 0.750 bits per heavy atom. The molecule has 0 saturated heterocycles. The van der Waals surface area contributed by atoms with Crippen molar-refractivity contribution >= 4 is 17.3 Å². The Kier molecular flexibility index (Phi) is 6.68. The van der Waals surface area contributed by atoms with Gasteiger partial charge in [-0.2, -0.15) is 0 Å². The molecule has 0 radical (unpaired) electrons. The molecule has 4 aliphatic carbocycles. The molecule has 0 aliphatic heterocycles. The van der Waals surface area contributed by atoms with Crippen molar-refractivity contribution in [3.05, 3.63) is 0 Å². The predicted molar refractivity (Wildman–Crippen MR) is 110 cm³/mol. The number of carbonyl (C=O) groups is 3. The number of ketones is 3. The zero-order valence-corrected chi connectivity index (χ0v) is 17.5. The summed E-state index contributed by atoms with van der Waals surface area (Å²) in [6.07, 6.45) is 16.8. The van der Waals surface area contributed by atoms with Gasteiger partial charge < -0.3 is 0 Å². The van der Waals surface area contributed by atoms with Crippen LogP contribution in [0.3, 0.4) is 0 Å². The zero-order chi connectivity index (χ0) is 19.5. The van der Waals surface area contributed by atoms with Crippen LogP contribution in [-0.2, 0) is 14.4 Å². The normalized spacial score (nSPS) is 36.4. The van der Waals surface area contributed by atoms with Crippen molar-refractivity contribution in [3.63, 3.8) is 0 Å². The Morgan fingerprint density at radius 1 is 0.464 bits per heavy atom. The van der Waals surface area contributed by atoms with E-state index in [4.69, 9.17) is 0 Å². The lowest BCUT2D eigenvalue weighted by atomic mass is 9.66. The second-order valence-corrected chi connectivity index (χ2v) is 10.4. The molecule has 4 rings (SSSR count). The summed E-state index contributed by atoms with van der Waals surface area (Å²) in [4.78, 5) is 36.1. The Balaban J connectivity index is 1.20. The van der Waals surface area contributed by atoms with Crippen LogP contribution in [0.1, 0.15) is 103 Å². The highest BCUT2D eigenvalue weighted by Crippen LogP contribution is 2.43. The first kappa shape index (κ1) is 20.3. The van der Waals surface area contributed by atoms with Gasteiger partial charge in [0.15, 0.2) is 0 Å². The molecule has 0 heterocycles. The molecule has 0 N–H and O–H groups in total. The quantitative estimate of drug-likeness (QED) is 0.624. The van der Waals surface area contributed by atoms with E-state index in [1.165, 1.54) is 25.7 Å². The fourth-order valence-electron chi connectivity index (χ4n) is 6.95. The van der Waals surface area contributed by atoms with E-state index >= 15 is 0 Å². The largest absolute Gasteiger partial charge is 0.300 e. The third-order valence-corrected chi connectivity index (χ3v) is 8.86. The van der Waals surface area contributed by atoms with E-state index in [0.717, 1.165) is 101 Å². The molecule has 0 spiro atoms. The lowest BCUT2D eigenvalue weighted by Gasteiger charge is -2.38. The lowest BCUT2D eigenvalue weighted by molar-refractivity contribution is -0.129. The molecule has 0 unspecified atom stereocenters. The van der Waals surface area contributed by atoms with Crippen LogP contribution >= 0.6 is 0 Å². The average Bonchev–Trinajstić information content (AvgIpc) is 2.75. The second-order valence-electron chi connectivity index (χ2n) is 10.4. The standard InChI is InChI=1S/C25H38O3/c26-23-13-9-19(10-14-23)17-1-5-21(6-2-17)25(28)22-7-3-18(4-8-22)20-11-15-24(27)16-12-20/h17-22H,1-16H2. The van der Waals surface area contributed by atoms with Crippen LogP contribution in [0.15, 0.2) is 0 Å². The minimum absolute atomic E-state index is 0.315. The van der Waals surface area contributed by atoms with Crippen molar-refractivity contribution in [1.82, 2.24) is 0 Å². The topological polar surface area (TPSA) is 51.2 Å². The summed E-state index contributed by atoms with van der Waals surface area (Å²) in [6.45, 7) is 0. The molecular formula is C25H38O3. The van der Waals surface area contributed by atoms with E-state index in [2.05, 4.69) is 0 Å². The van der Waals surface area contributed by atoms with Crippen LogP contribution in [0, 0.1) is 35.5 Å². The molecule has 0 atom stereocenters. The van der Waals surface area contributed by atoms with Gasteiger partial charge in [0.25, 0.3) is 0 Å². The predicted octanol–water partition coefficient (Wildman–Crippen LogP) is 5.69. The van der Waals surface area contributed by atoms with Gasteiger partial charge in [-0.25, -0.2) is 0 Å². The van der Waals surface area contributed by atoms with E-state index in [9.17, 15) is 14.4 Å². The molecule has 4 aliphatic rings. The van der Waals surface area contributed by atoms with Crippen LogP contribution in [0.4, 0.5) is 0 Å². The highest BCUT2D eigenvalue weighted by atomic mass is 16.1. The summed E-state index contributed by atoms with van der Waals surface area (Å²) in [5.74, 6) is 5.13. The van der Waals surface area contributed by atoms with Gasteiger partial charge in [-0.3, -0.25) is 14.4 Å². The number of hydrogen-bond acceptors (Lipinski definition) is 3. The third-order valence-electron chi connectivity index (χ3n) is 8.86. The smallest absolute Gasteiger partial charge is 0.139 e. The highest BCUT2D eigenvalue weighted by Gasteiger charge is 2.37. The van der Waals surface area contributed by atoms with E-state index in [0.29, 0.717) is 29.2 Å². The van der Waals surface area contributed by atoms with Gasteiger partial charge in [-0.05, 0) is 101 Å². The summed E-state index contributed by atoms with van der Waals surface area (Å²) in [7, 11) is 0. The monoisotopic (exact) mass is 386 g/mol. The van der Waals surface area contributed by atoms with Crippen LogP contribution < -0.4 is 0 Å². The molecule has 0 aromatic heterocycles. The molecule has 156 valence electrons.